The summed E-state index contributed by atoms with van der Waals surface area (Å²) in [5, 5.41) is 3.61. The Bertz CT molecular complexity index is 683. The maximum Gasteiger partial charge on any atom is 0.416 e. The highest BCUT2D eigenvalue weighted by Gasteiger charge is 2.31. The lowest BCUT2D eigenvalue weighted by molar-refractivity contribution is -0.137. The van der Waals surface area contributed by atoms with Crippen molar-refractivity contribution in [2.45, 2.75) is 37.9 Å². The van der Waals surface area contributed by atoms with Crippen LogP contribution >= 0.6 is 23.8 Å². The largest absolute Gasteiger partial charge is 0.416 e. The fourth-order valence-electron chi connectivity index (χ4n) is 3.71. The lowest BCUT2D eigenvalue weighted by atomic mass is 9.99. The number of anilines is 1. The molecule has 2 saturated heterocycles. The van der Waals surface area contributed by atoms with Crippen LogP contribution < -0.4 is 5.32 Å². The predicted molar refractivity (Wildman–Crippen MR) is 109 cm³/mol. The highest BCUT2D eigenvalue weighted by atomic mass is 35.5. The van der Waals surface area contributed by atoms with Crippen LogP contribution in [0.4, 0.5) is 18.9 Å². The molecule has 0 saturated carbocycles. The lowest BCUT2D eigenvalue weighted by Gasteiger charge is -2.39. The molecule has 0 amide bonds. The number of rotatable bonds is 4. The average Bonchev–Trinajstić information content (AvgIpc) is 2.68. The first-order valence-corrected chi connectivity index (χ1v) is 10.4. The van der Waals surface area contributed by atoms with Gasteiger partial charge in [-0.1, -0.05) is 11.6 Å². The number of nitrogens with zero attached hydrogens (tertiary/aromatic N) is 2. The number of hydrogen-bond acceptors (Lipinski definition) is 3. The van der Waals surface area contributed by atoms with Crippen molar-refractivity contribution in [2.24, 2.45) is 0 Å². The van der Waals surface area contributed by atoms with E-state index in [1.807, 2.05) is 0 Å². The van der Waals surface area contributed by atoms with Gasteiger partial charge in [0.2, 0.25) is 0 Å². The maximum atomic E-state index is 13.0. The van der Waals surface area contributed by atoms with Gasteiger partial charge in [-0.05, 0) is 56.1 Å². The van der Waals surface area contributed by atoms with E-state index in [9.17, 15) is 13.2 Å². The molecular weight excluding hydrogens is 411 g/mol. The Morgan fingerprint density at radius 3 is 2.68 bits per heavy atom. The third-order valence-electron chi connectivity index (χ3n) is 5.31. The number of morpholine rings is 1. The zero-order valence-electron chi connectivity index (χ0n) is 15.6. The Morgan fingerprint density at radius 2 is 1.96 bits per heavy atom. The van der Waals surface area contributed by atoms with Gasteiger partial charge in [-0.3, -0.25) is 4.90 Å². The van der Waals surface area contributed by atoms with Crippen molar-refractivity contribution in [3.63, 3.8) is 0 Å². The first kappa shape index (κ1) is 21.6. The van der Waals surface area contributed by atoms with Crippen LogP contribution in [-0.4, -0.2) is 60.3 Å². The molecule has 0 radical (unpaired) electrons. The molecule has 4 nitrogen and oxygen atoms in total. The minimum atomic E-state index is -4.42. The maximum absolute atomic E-state index is 13.0. The van der Waals surface area contributed by atoms with Gasteiger partial charge in [0.1, 0.15) is 0 Å². The number of likely N-dealkylation sites (tertiary alicyclic amines) is 1. The summed E-state index contributed by atoms with van der Waals surface area (Å²) in [6.45, 7) is 5.18. The summed E-state index contributed by atoms with van der Waals surface area (Å²) in [5.41, 5.74) is -0.552. The summed E-state index contributed by atoms with van der Waals surface area (Å²) in [5.74, 6) is 0. The third kappa shape index (κ3) is 5.72. The van der Waals surface area contributed by atoms with E-state index < -0.39 is 11.7 Å². The summed E-state index contributed by atoms with van der Waals surface area (Å²) < 4.78 is 44.4. The summed E-state index contributed by atoms with van der Waals surface area (Å²) in [7, 11) is 0. The second kappa shape index (κ2) is 9.61. The first-order valence-electron chi connectivity index (χ1n) is 9.59. The zero-order valence-corrected chi connectivity index (χ0v) is 17.2. The predicted octanol–water partition coefficient (Wildman–Crippen LogP) is 4.63. The number of piperidine rings is 1. The number of halogens is 4. The minimum Gasteiger partial charge on any atom is -0.379 e. The molecule has 2 aliphatic heterocycles. The molecule has 1 aromatic carbocycles. The molecule has 1 N–H and O–H groups in total. The Hall–Kier alpha value is -1.09. The van der Waals surface area contributed by atoms with Crippen LogP contribution in [0.2, 0.25) is 5.02 Å². The standard InChI is InChI=1S/C19H25ClF3N3OS/c20-16-5-4-14(19(21,22)23)13-17(16)24-18(28)26-7-2-1-3-15(26)6-8-25-9-11-27-12-10-25/h4-5,13,15H,1-3,6-12H2,(H,24,28)/t15-/m0/s1. The molecule has 2 aliphatic rings. The van der Waals surface area contributed by atoms with E-state index in [0.717, 1.165) is 77.2 Å². The number of nitrogens with one attached hydrogen (secondary N) is 1. The van der Waals surface area contributed by atoms with E-state index in [1.165, 1.54) is 6.07 Å². The molecule has 0 bridgehead atoms. The van der Waals surface area contributed by atoms with E-state index in [0.29, 0.717) is 5.11 Å². The summed E-state index contributed by atoms with van der Waals surface area (Å²) in [4.78, 5) is 4.49. The average molecular weight is 436 g/mol. The van der Waals surface area contributed by atoms with Gasteiger partial charge >= 0.3 is 6.18 Å². The van der Waals surface area contributed by atoms with E-state index in [-0.39, 0.29) is 16.8 Å². The van der Waals surface area contributed by atoms with Gasteiger partial charge in [-0.15, -0.1) is 0 Å². The first-order chi connectivity index (χ1) is 13.3. The van der Waals surface area contributed by atoms with Crippen molar-refractivity contribution >= 4 is 34.6 Å². The topological polar surface area (TPSA) is 27.7 Å². The number of thiocarbonyl (C=S) groups is 1. The van der Waals surface area contributed by atoms with Gasteiger partial charge < -0.3 is 15.0 Å². The monoisotopic (exact) mass is 435 g/mol. The minimum absolute atomic E-state index is 0.194. The van der Waals surface area contributed by atoms with E-state index in [2.05, 4.69) is 15.1 Å². The zero-order chi connectivity index (χ0) is 20.1. The Labute approximate surface area is 174 Å². The van der Waals surface area contributed by atoms with Crippen molar-refractivity contribution in [1.82, 2.24) is 9.80 Å². The van der Waals surface area contributed by atoms with Gasteiger partial charge in [0.25, 0.3) is 0 Å². The Kier molecular flexibility index (Phi) is 7.42. The summed E-state index contributed by atoms with van der Waals surface area (Å²) in [6.07, 6.45) is -0.265. The molecule has 9 heteroatoms. The van der Waals surface area contributed by atoms with Crippen molar-refractivity contribution in [1.29, 1.82) is 0 Å². The molecular formula is C19H25ClF3N3OS. The quantitative estimate of drug-likeness (QED) is 0.696. The second-order valence-electron chi connectivity index (χ2n) is 7.21. The van der Waals surface area contributed by atoms with Crippen LogP contribution in [0.3, 0.4) is 0 Å². The van der Waals surface area contributed by atoms with Crippen LogP contribution in [-0.2, 0) is 10.9 Å². The van der Waals surface area contributed by atoms with E-state index in [1.54, 1.807) is 0 Å². The summed E-state index contributed by atoms with van der Waals surface area (Å²) >= 11 is 11.6. The molecule has 0 spiro atoms. The normalized spacial score (nSPS) is 21.6. The SMILES string of the molecule is FC(F)(F)c1ccc(Cl)c(NC(=S)N2CCCC[C@H]2CCN2CCOCC2)c1. The lowest BCUT2D eigenvalue weighted by Crippen LogP contribution is -2.47. The van der Waals surface area contributed by atoms with Crippen molar-refractivity contribution in [3.8, 4) is 0 Å². The van der Waals surface area contributed by atoms with Crippen molar-refractivity contribution in [2.75, 3.05) is 44.7 Å². The van der Waals surface area contributed by atoms with E-state index in [4.69, 9.17) is 28.6 Å². The van der Waals surface area contributed by atoms with Crippen LogP contribution in [0.15, 0.2) is 18.2 Å². The van der Waals surface area contributed by atoms with Crippen LogP contribution in [0, 0.1) is 0 Å². The third-order valence-corrected chi connectivity index (χ3v) is 5.97. The molecule has 2 heterocycles. The Morgan fingerprint density at radius 1 is 1.21 bits per heavy atom. The molecule has 0 aromatic heterocycles. The number of ether oxygens (including phenoxy) is 1. The highest BCUT2D eigenvalue weighted by molar-refractivity contribution is 7.80. The van der Waals surface area contributed by atoms with Crippen LogP contribution in [0.25, 0.3) is 0 Å². The van der Waals surface area contributed by atoms with E-state index >= 15 is 0 Å². The van der Waals surface area contributed by atoms with Gasteiger partial charge in [0, 0.05) is 32.2 Å². The Balaban J connectivity index is 1.64. The van der Waals surface area contributed by atoms with Crippen LogP contribution in [0.1, 0.15) is 31.2 Å². The fourth-order valence-corrected chi connectivity index (χ4v) is 4.22. The van der Waals surface area contributed by atoms with Gasteiger partial charge in [-0.2, -0.15) is 13.2 Å². The second-order valence-corrected chi connectivity index (χ2v) is 8.00. The smallest absolute Gasteiger partial charge is 0.379 e. The van der Waals surface area contributed by atoms with Crippen molar-refractivity contribution < 1.29 is 17.9 Å². The van der Waals surface area contributed by atoms with Gasteiger partial charge in [-0.25, -0.2) is 0 Å². The molecule has 1 aromatic rings. The molecule has 1 atom stereocenters. The van der Waals surface area contributed by atoms with Gasteiger partial charge in [0.05, 0.1) is 29.5 Å². The van der Waals surface area contributed by atoms with Crippen molar-refractivity contribution in [3.05, 3.63) is 28.8 Å². The molecule has 0 unspecified atom stereocenters. The van der Waals surface area contributed by atoms with Crippen LogP contribution in [0.5, 0.6) is 0 Å². The molecule has 3 rings (SSSR count). The van der Waals surface area contributed by atoms with Gasteiger partial charge in [0.15, 0.2) is 5.11 Å². The highest BCUT2D eigenvalue weighted by Crippen LogP contribution is 2.34. The number of hydrogen-bond donors (Lipinski definition) is 1. The molecule has 156 valence electrons. The molecule has 28 heavy (non-hydrogen) atoms. The number of alkyl halides is 3. The molecule has 0 aliphatic carbocycles. The summed E-state index contributed by atoms with van der Waals surface area (Å²) in [6, 6.07) is 3.52. The number of benzene rings is 1. The molecule has 2 fully saturated rings. The fraction of sp³-hybridized carbons (Fsp3) is 0.632.